The minimum absolute atomic E-state index is 0.255. The number of benzene rings is 1. The van der Waals surface area contributed by atoms with Crippen molar-refractivity contribution in [3.05, 3.63) is 28.8 Å². The molecule has 0 spiro atoms. The molecule has 3 nitrogen and oxygen atoms in total. The third-order valence-corrected chi connectivity index (χ3v) is 4.87. The second-order valence-electron chi connectivity index (χ2n) is 5.96. The number of likely N-dealkylation sites (N-methyl/N-ethyl adjacent to an activating group) is 1. The van der Waals surface area contributed by atoms with E-state index in [9.17, 15) is 5.11 Å². The molecule has 1 rings (SSSR count). The smallest absolute Gasteiger partial charge is 0.122 e. The summed E-state index contributed by atoms with van der Waals surface area (Å²) in [5.74, 6) is 0.879. The SMILES string of the molecule is CCN(CC)C(C)(CC)C(O)c1cc(C)c(OC)cc1C. The van der Waals surface area contributed by atoms with Gasteiger partial charge in [-0.05, 0) is 69.1 Å². The van der Waals surface area contributed by atoms with Gasteiger partial charge in [0.2, 0.25) is 0 Å². The minimum Gasteiger partial charge on any atom is -0.496 e. The monoisotopic (exact) mass is 293 g/mol. The average molecular weight is 293 g/mol. The van der Waals surface area contributed by atoms with Crippen LogP contribution in [0.4, 0.5) is 0 Å². The van der Waals surface area contributed by atoms with Crippen LogP contribution in [0.15, 0.2) is 12.1 Å². The van der Waals surface area contributed by atoms with Crippen molar-refractivity contribution in [2.75, 3.05) is 20.2 Å². The summed E-state index contributed by atoms with van der Waals surface area (Å²) < 4.78 is 5.37. The molecule has 1 aromatic carbocycles. The Bertz CT molecular complexity index is 469. The Hall–Kier alpha value is -1.06. The van der Waals surface area contributed by atoms with Crippen molar-refractivity contribution in [2.24, 2.45) is 0 Å². The van der Waals surface area contributed by atoms with Crippen LogP contribution >= 0.6 is 0 Å². The quantitative estimate of drug-likeness (QED) is 0.828. The first kappa shape index (κ1) is 18.0. The van der Waals surface area contributed by atoms with Gasteiger partial charge in [0.05, 0.1) is 13.2 Å². The van der Waals surface area contributed by atoms with Crippen molar-refractivity contribution in [1.29, 1.82) is 0 Å². The summed E-state index contributed by atoms with van der Waals surface area (Å²) in [5.41, 5.74) is 2.89. The summed E-state index contributed by atoms with van der Waals surface area (Å²) in [4.78, 5) is 2.34. The van der Waals surface area contributed by atoms with E-state index < -0.39 is 6.10 Å². The second kappa shape index (κ2) is 7.28. The Kier molecular flexibility index (Phi) is 6.24. The Morgan fingerprint density at radius 2 is 1.71 bits per heavy atom. The van der Waals surface area contributed by atoms with Crippen molar-refractivity contribution in [3.8, 4) is 5.75 Å². The van der Waals surface area contributed by atoms with E-state index in [2.05, 4.69) is 38.7 Å². The summed E-state index contributed by atoms with van der Waals surface area (Å²) in [6.07, 6.45) is 0.396. The number of ether oxygens (including phenoxy) is 1. The molecule has 0 aliphatic rings. The third-order valence-electron chi connectivity index (χ3n) is 4.87. The largest absolute Gasteiger partial charge is 0.496 e. The predicted octanol–water partition coefficient (Wildman–Crippen LogP) is 3.86. The van der Waals surface area contributed by atoms with E-state index in [0.717, 1.165) is 42.0 Å². The molecular weight excluding hydrogens is 262 g/mol. The molecule has 21 heavy (non-hydrogen) atoms. The highest BCUT2D eigenvalue weighted by molar-refractivity contribution is 5.43. The molecular formula is C18H31NO2. The van der Waals surface area contributed by atoms with E-state index in [1.807, 2.05) is 19.9 Å². The van der Waals surface area contributed by atoms with Gasteiger partial charge in [-0.15, -0.1) is 0 Å². The number of aryl methyl sites for hydroxylation is 2. The lowest BCUT2D eigenvalue weighted by Gasteiger charge is -2.44. The number of methoxy groups -OCH3 is 1. The van der Waals surface area contributed by atoms with Gasteiger partial charge in [0.15, 0.2) is 0 Å². The molecule has 3 heteroatoms. The first-order chi connectivity index (χ1) is 9.85. The summed E-state index contributed by atoms with van der Waals surface area (Å²) in [5, 5.41) is 11.1. The highest BCUT2D eigenvalue weighted by atomic mass is 16.5. The van der Waals surface area contributed by atoms with Crippen molar-refractivity contribution in [1.82, 2.24) is 4.90 Å². The van der Waals surface area contributed by atoms with Gasteiger partial charge >= 0.3 is 0 Å². The number of hydrogen-bond acceptors (Lipinski definition) is 3. The van der Waals surface area contributed by atoms with Gasteiger partial charge in [-0.3, -0.25) is 4.90 Å². The van der Waals surface area contributed by atoms with E-state index in [-0.39, 0.29) is 5.54 Å². The van der Waals surface area contributed by atoms with E-state index in [4.69, 9.17) is 4.74 Å². The van der Waals surface area contributed by atoms with Gasteiger partial charge in [0.1, 0.15) is 5.75 Å². The van der Waals surface area contributed by atoms with Crippen LogP contribution in [0.2, 0.25) is 0 Å². The molecule has 0 radical (unpaired) electrons. The zero-order valence-electron chi connectivity index (χ0n) is 14.7. The Labute approximate surface area is 129 Å². The fourth-order valence-corrected chi connectivity index (χ4v) is 3.20. The van der Waals surface area contributed by atoms with Crippen LogP contribution < -0.4 is 4.74 Å². The van der Waals surface area contributed by atoms with Gasteiger partial charge in [-0.25, -0.2) is 0 Å². The Balaban J connectivity index is 3.28. The normalized spacial score (nSPS) is 15.9. The van der Waals surface area contributed by atoms with Gasteiger partial charge in [-0.1, -0.05) is 20.8 Å². The maximum Gasteiger partial charge on any atom is 0.122 e. The van der Waals surface area contributed by atoms with Gasteiger partial charge < -0.3 is 9.84 Å². The van der Waals surface area contributed by atoms with E-state index >= 15 is 0 Å². The fourth-order valence-electron chi connectivity index (χ4n) is 3.20. The van der Waals surface area contributed by atoms with Crippen LogP contribution in [-0.2, 0) is 0 Å². The molecule has 0 heterocycles. The lowest BCUT2D eigenvalue weighted by molar-refractivity contribution is -0.0217. The maximum atomic E-state index is 11.1. The molecule has 0 saturated heterocycles. The molecule has 2 atom stereocenters. The molecule has 120 valence electrons. The van der Waals surface area contributed by atoms with Crippen molar-refractivity contribution in [2.45, 2.75) is 59.6 Å². The maximum absolute atomic E-state index is 11.1. The molecule has 1 aromatic rings. The molecule has 0 aliphatic carbocycles. The van der Waals surface area contributed by atoms with Crippen LogP contribution in [-0.4, -0.2) is 35.7 Å². The molecule has 0 aliphatic heterocycles. The van der Waals surface area contributed by atoms with Crippen molar-refractivity contribution >= 4 is 0 Å². The number of nitrogens with zero attached hydrogens (tertiary/aromatic N) is 1. The lowest BCUT2D eigenvalue weighted by Crippen LogP contribution is -2.50. The first-order valence-electron chi connectivity index (χ1n) is 7.93. The van der Waals surface area contributed by atoms with Crippen LogP contribution in [0.5, 0.6) is 5.75 Å². The number of hydrogen-bond donors (Lipinski definition) is 1. The fraction of sp³-hybridized carbons (Fsp3) is 0.667. The van der Waals surface area contributed by atoms with Gasteiger partial charge in [0.25, 0.3) is 0 Å². The first-order valence-corrected chi connectivity index (χ1v) is 7.93. The molecule has 0 amide bonds. The Morgan fingerprint density at radius 1 is 1.14 bits per heavy atom. The molecule has 0 bridgehead atoms. The molecule has 0 saturated carbocycles. The second-order valence-corrected chi connectivity index (χ2v) is 5.96. The highest BCUT2D eigenvalue weighted by Crippen LogP contribution is 2.37. The predicted molar refractivity (Wildman–Crippen MR) is 89.0 cm³/mol. The number of aliphatic hydroxyl groups excluding tert-OH is 1. The summed E-state index contributed by atoms with van der Waals surface area (Å²) >= 11 is 0. The average Bonchev–Trinajstić information content (AvgIpc) is 2.49. The highest BCUT2D eigenvalue weighted by Gasteiger charge is 2.37. The van der Waals surface area contributed by atoms with Crippen LogP contribution in [0.1, 0.15) is 56.9 Å². The molecule has 0 aromatic heterocycles. The minimum atomic E-state index is -0.507. The zero-order chi connectivity index (χ0) is 16.2. The zero-order valence-corrected chi connectivity index (χ0v) is 14.7. The van der Waals surface area contributed by atoms with Crippen molar-refractivity contribution < 1.29 is 9.84 Å². The Morgan fingerprint density at radius 3 is 2.14 bits per heavy atom. The third kappa shape index (κ3) is 3.41. The van der Waals surface area contributed by atoms with Crippen LogP contribution in [0, 0.1) is 13.8 Å². The summed E-state index contributed by atoms with van der Waals surface area (Å²) in [7, 11) is 1.68. The van der Waals surface area contributed by atoms with Gasteiger partial charge in [-0.2, -0.15) is 0 Å². The van der Waals surface area contributed by atoms with Gasteiger partial charge in [0, 0.05) is 5.54 Å². The lowest BCUT2D eigenvalue weighted by atomic mass is 9.83. The number of rotatable bonds is 7. The molecule has 0 fully saturated rings. The van der Waals surface area contributed by atoms with Crippen LogP contribution in [0.25, 0.3) is 0 Å². The van der Waals surface area contributed by atoms with Crippen molar-refractivity contribution in [3.63, 3.8) is 0 Å². The van der Waals surface area contributed by atoms with E-state index in [0.29, 0.717) is 0 Å². The van der Waals surface area contributed by atoms with E-state index in [1.165, 1.54) is 0 Å². The topological polar surface area (TPSA) is 32.7 Å². The van der Waals surface area contributed by atoms with Crippen LogP contribution in [0.3, 0.4) is 0 Å². The van der Waals surface area contributed by atoms with E-state index in [1.54, 1.807) is 7.11 Å². The summed E-state index contributed by atoms with van der Waals surface area (Å²) in [6.45, 7) is 14.5. The summed E-state index contributed by atoms with van der Waals surface area (Å²) in [6, 6.07) is 4.09. The molecule has 1 N–H and O–H groups in total. The number of aliphatic hydroxyl groups is 1. The molecule has 2 unspecified atom stereocenters. The standard InChI is InChI=1S/C18H31NO2/c1-8-18(6,19(9-2)10-3)17(20)15-11-14(5)16(21-7)12-13(15)4/h11-12,17,20H,8-10H2,1-7H3.